The van der Waals surface area contributed by atoms with Crippen LogP contribution in [0.15, 0.2) is 39.5 Å². The van der Waals surface area contributed by atoms with Crippen molar-refractivity contribution >= 4 is 11.9 Å². The molecule has 1 aromatic rings. The van der Waals surface area contributed by atoms with E-state index in [0.29, 0.717) is 5.57 Å². The minimum absolute atomic E-state index is 0.154. The van der Waals surface area contributed by atoms with Gasteiger partial charge in [0, 0.05) is 12.4 Å². The highest BCUT2D eigenvalue weighted by Gasteiger charge is 2.02. The molecule has 1 rings (SSSR count). The van der Waals surface area contributed by atoms with E-state index in [1.54, 1.807) is 0 Å². The van der Waals surface area contributed by atoms with Crippen LogP contribution in [-0.4, -0.2) is 27.9 Å². The molecule has 0 bridgehead atoms. The van der Waals surface area contributed by atoms with Crippen molar-refractivity contribution in [2.75, 3.05) is 6.61 Å². The second-order valence-corrected chi connectivity index (χ2v) is 3.01. The molecule has 16 heavy (non-hydrogen) atoms. The minimum Gasteiger partial charge on any atom is -0.392 e. The summed E-state index contributed by atoms with van der Waals surface area (Å²) in [6.45, 7) is 6.83. The van der Waals surface area contributed by atoms with Gasteiger partial charge in [-0.2, -0.15) is 0 Å². The van der Waals surface area contributed by atoms with Gasteiger partial charge in [0.05, 0.1) is 17.9 Å². The number of hydrogen-bond acceptors (Lipinski definition) is 4. The molecule has 0 aromatic carbocycles. The van der Waals surface area contributed by atoms with Crippen molar-refractivity contribution < 1.29 is 5.11 Å². The van der Waals surface area contributed by atoms with Crippen molar-refractivity contribution in [3.63, 3.8) is 0 Å². The van der Waals surface area contributed by atoms with Crippen molar-refractivity contribution in [2.45, 2.75) is 0 Å². The molecule has 6 nitrogen and oxygen atoms in total. The number of aromatic amines is 2. The number of aliphatic hydroxyl groups is 1. The van der Waals surface area contributed by atoms with Crippen LogP contribution in [0.5, 0.6) is 0 Å². The summed E-state index contributed by atoms with van der Waals surface area (Å²) in [7, 11) is 0. The fraction of sp³-hybridized carbons (Fsp3) is 0.100. The average Bonchev–Trinajstić information content (AvgIpc) is 2.25. The van der Waals surface area contributed by atoms with Crippen LogP contribution in [-0.2, 0) is 0 Å². The monoisotopic (exact) mass is 221 g/mol. The predicted molar refractivity (Wildman–Crippen MR) is 61.4 cm³/mol. The first-order valence-electron chi connectivity index (χ1n) is 4.38. The van der Waals surface area contributed by atoms with Crippen molar-refractivity contribution in [2.24, 2.45) is 4.99 Å². The van der Waals surface area contributed by atoms with Crippen molar-refractivity contribution in [1.29, 1.82) is 0 Å². The van der Waals surface area contributed by atoms with Crippen LogP contribution in [0.2, 0.25) is 0 Å². The van der Waals surface area contributed by atoms with E-state index < -0.39 is 11.2 Å². The van der Waals surface area contributed by atoms with Gasteiger partial charge in [-0.05, 0) is 5.57 Å². The summed E-state index contributed by atoms with van der Waals surface area (Å²) in [6.07, 6.45) is 2.52. The van der Waals surface area contributed by atoms with Gasteiger partial charge in [0.25, 0.3) is 5.56 Å². The molecular weight excluding hydrogens is 210 g/mol. The Labute approximate surface area is 90.7 Å². The van der Waals surface area contributed by atoms with E-state index in [4.69, 9.17) is 5.11 Å². The molecule has 0 unspecified atom stereocenters. The standard InChI is InChI=1S/C10H11N3O3/c1-6(5-14)3-11-7(2)8-4-12-10(16)13-9(8)15/h3-4,14H,1-2,5H2,(H2,12,13,15,16). The zero-order valence-electron chi connectivity index (χ0n) is 8.49. The molecule has 0 aliphatic carbocycles. The minimum atomic E-state index is -0.592. The molecule has 6 heteroatoms. The number of nitrogens with one attached hydrogen (secondary N) is 2. The van der Waals surface area contributed by atoms with Gasteiger partial charge in [0.1, 0.15) is 0 Å². The highest BCUT2D eigenvalue weighted by Crippen LogP contribution is 2.05. The Bertz CT molecular complexity index is 551. The van der Waals surface area contributed by atoms with E-state index in [0.717, 1.165) is 0 Å². The van der Waals surface area contributed by atoms with Crippen molar-refractivity contribution in [3.8, 4) is 0 Å². The van der Waals surface area contributed by atoms with E-state index in [1.165, 1.54) is 12.4 Å². The second kappa shape index (κ2) is 5.04. The lowest BCUT2D eigenvalue weighted by atomic mass is 10.2. The van der Waals surface area contributed by atoms with Gasteiger partial charge >= 0.3 is 5.69 Å². The zero-order valence-corrected chi connectivity index (χ0v) is 8.49. The van der Waals surface area contributed by atoms with Gasteiger partial charge in [0.2, 0.25) is 0 Å². The van der Waals surface area contributed by atoms with Gasteiger partial charge in [-0.3, -0.25) is 14.8 Å². The molecule has 3 N–H and O–H groups in total. The summed E-state index contributed by atoms with van der Waals surface area (Å²) in [5, 5.41) is 8.67. The Balaban J connectivity index is 2.98. The summed E-state index contributed by atoms with van der Waals surface area (Å²) in [6, 6.07) is 0. The third-order valence-corrected chi connectivity index (χ3v) is 1.74. The van der Waals surface area contributed by atoms with Gasteiger partial charge < -0.3 is 10.1 Å². The summed E-state index contributed by atoms with van der Waals surface area (Å²) < 4.78 is 0. The largest absolute Gasteiger partial charge is 0.392 e. The number of aliphatic imine (C=N–C) groups is 1. The first kappa shape index (κ1) is 11.9. The Morgan fingerprint density at radius 2 is 2.19 bits per heavy atom. The molecule has 0 aliphatic heterocycles. The van der Waals surface area contributed by atoms with Crippen LogP contribution in [0.25, 0.3) is 5.70 Å². The first-order chi connectivity index (χ1) is 7.54. The van der Waals surface area contributed by atoms with E-state index in [1.807, 2.05) is 4.98 Å². The molecule has 84 valence electrons. The van der Waals surface area contributed by atoms with Crippen LogP contribution in [0.3, 0.4) is 0 Å². The molecule has 1 aromatic heterocycles. The maximum Gasteiger partial charge on any atom is 0.325 e. The molecule has 0 amide bonds. The number of rotatable bonds is 4. The van der Waals surface area contributed by atoms with Crippen molar-refractivity contribution in [3.05, 3.63) is 51.3 Å². The van der Waals surface area contributed by atoms with Gasteiger partial charge in [-0.1, -0.05) is 13.2 Å². The third-order valence-electron chi connectivity index (χ3n) is 1.74. The quantitative estimate of drug-likeness (QED) is 0.606. The lowest BCUT2D eigenvalue weighted by Gasteiger charge is -1.97. The Kier molecular flexibility index (Phi) is 3.73. The third kappa shape index (κ3) is 2.89. The molecule has 0 saturated carbocycles. The fourth-order valence-electron chi connectivity index (χ4n) is 0.904. The van der Waals surface area contributed by atoms with Gasteiger partial charge in [-0.15, -0.1) is 0 Å². The maximum atomic E-state index is 11.3. The van der Waals surface area contributed by atoms with E-state index in [2.05, 4.69) is 23.1 Å². The summed E-state index contributed by atoms with van der Waals surface area (Å²) in [5.41, 5.74) is -0.443. The van der Waals surface area contributed by atoms with Gasteiger partial charge in [-0.25, -0.2) is 4.79 Å². The van der Waals surface area contributed by atoms with Gasteiger partial charge in [0.15, 0.2) is 0 Å². The smallest absolute Gasteiger partial charge is 0.325 e. The maximum absolute atomic E-state index is 11.3. The van der Waals surface area contributed by atoms with Crippen molar-refractivity contribution in [1.82, 2.24) is 9.97 Å². The van der Waals surface area contributed by atoms with E-state index in [9.17, 15) is 9.59 Å². The lowest BCUT2D eigenvalue weighted by molar-refractivity contribution is 0.338. The average molecular weight is 221 g/mol. The number of hydrogen-bond donors (Lipinski definition) is 3. The Morgan fingerprint density at radius 1 is 1.50 bits per heavy atom. The zero-order chi connectivity index (χ0) is 12.1. The lowest BCUT2D eigenvalue weighted by Crippen LogP contribution is -2.23. The SMILES string of the molecule is C=C(C=NC(=C)c1c[nH]c(=O)[nH]c1=O)CO. The van der Waals surface area contributed by atoms with E-state index in [-0.39, 0.29) is 17.9 Å². The van der Waals surface area contributed by atoms with Crippen LogP contribution in [0, 0.1) is 0 Å². The van der Waals surface area contributed by atoms with Crippen LogP contribution in [0.4, 0.5) is 0 Å². The summed E-state index contributed by atoms with van der Waals surface area (Å²) >= 11 is 0. The number of aliphatic hydroxyl groups excluding tert-OH is 1. The molecule has 0 spiro atoms. The normalized spacial score (nSPS) is 10.6. The van der Waals surface area contributed by atoms with Crippen LogP contribution >= 0.6 is 0 Å². The highest BCUT2D eigenvalue weighted by atomic mass is 16.3. The number of nitrogens with zero attached hydrogens (tertiary/aromatic N) is 1. The molecule has 0 fully saturated rings. The molecule has 0 radical (unpaired) electrons. The molecule has 1 heterocycles. The fourth-order valence-corrected chi connectivity index (χ4v) is 0.904. The number of aromatic nitrogens is 2. The Hall–Kier alpha value is -2.21. The molecular formula is C10H11N3O3. The second-order valence-electron chi connectivity index (χ2n) is 3.01. The summed E-state index contributed by atoms with van der Waals surface area (Å²) in [5.74, 6) is 0. The molecule has 0 atom stereocenters. The first-order valence-corrected chi connectivity index (χ1v) is 4.38. The van der Waals surface area contributed by atoms with Crippen LogP contribution < -0.4 is 11.2 Å². The summed E-state index contributed by atoms with van der Waals surface area (Å²) in [4.78, 5) is 30.3. The predicted octanol–water partition coefficient (Wildman–Crippen LogP) is -0.347. The Morgan fingerprint density at radius 3 is 2.75 bits per heavy atom. The van der Waals surface area contributed by atoms with Crippen LogP contribution in [0.1, 0.15) is 5.56 Å². The molecule has 0 saturated heterocycles. The number of H-pyrrole nitrogens is 2. The van der Waals surface area contributed by atoms with E-state index >= 15 is 0 Å². The molecule has 0 aliphatic rings. The highest BCUT2D eigenvalue weighted by molar-refractivity contribution is 5.83. The topological polar surface area (TPSA) is 98.3 Å².